The molecule has 0 atom stereocenters. The second kappa shape index (κ2) is 7.44. The lowest BCUT2D eigenvalue weighted by Gasteiger charge is -2.09. The first-order chi connectivity index (χ1) is 14.7. The summed E-state index contributed by atoms with van der Waals surface area (Å²) in [5.74, 6) is 1.75. The molecule has 3 aromatic rings. The van der Waals surface area contributed by atoms with Crippen molar-refractivity contribution < 1.29 is 9.47 Å². The highest BCUT2D eigenvalue weighted by Gasteiger charge is 2.18. The van der Waals surface area contributed by atoms with Gasteiger partial charge in [-0.25, -0.2) is 4.99 Å². The van der Waals surface area contributed by atoms with E-state index in [0.29, 0.717) is 12.5 Å². The number of ether oxygens (including phenoxy) is 2. The van der Waals surface area contributed by atoms with Gasteiger partial charge in [0.25, 0.3) is 0 Å². The fourth-order valence-corrected chi connectivity index (χ4v) is 3.78. The number of nitrogens with one attached hydrogen (secondary N) is 1. The number of benzene rings is 3. The van der Waals surface area contributed by atoms with Crippen LogP contribution in [0, 0.1) is 0 Å². The van der Waals surface area contributed by atoms with Crippen molar-refractivity contribution in [1.29, 1.82) is 0 Å². The van der Waals surface area contributed by atoms with Crippen molar-refractivity contribution in [1.82, 2.24) is 0 Å². The second-order valence-electron chi connectivity index (χ2n) is 7.19. The fourth-order valence-electron chi connectivity index (χ4n) is 3.78. The molecule has 0 radical (unpaired) electrons. The van der Waals surface area contributed by atoms with Crippen molar-refractivity contribution in [2.45, 2.75) is 13.0 Å². The Kier molecular flexibility index (Phi) is 4.48. The van der Waals surface area contributed by atoms with Crippen LogP contribution < -0.4 is 26.3 Å². The highest BCUT2D eigenvalue weighted by atomic mass is 16.7. The van der Waals surface area contributed by atoms with Crippen LogP contribution in [0.15, 0.2) is 70.6 Å². The Morgan fingerprint density at radius 1 is 0.900 bits per heavy atom. The van der Waals surface area contributed by atoms with Gasteiger partial charge in [0.1, 0.15) is 0 Å². The molecule has 5 N–H and O–H groups in total. The number of rotatable bonds is 3. The zero-order valence-corrected chi connectivity index (χ0v) is 16.3. The van der Waals surface area contributed by atoms with Gasteiger partial charge in [-0.1, -0.05) is 36.4 Å². The van der Waals surface area contributed by atoms with Crippen LogP contribution >= 0.6 is 0 Å². The van der Waals surface area contributed by atoms with Crippen LogP contribution in [0.2, 0.25) is 0 Å². The number of hydrogen-bond donors (Lipinski definition) is 3. The van der Waals surface area contributed by atoms with E-state index in [9.17, 15) is 0 Å². The summed E-state index contributed by atoms with van der Waals surface area (Å²) in [5.41, 5.74) is 18.2. The topological polar surface area (TPSA) is 107 Å². The third-order valence-corrected chi connectivity index (χ3v) is 5.13. The van der Waals surface area contributed by atoms with E-state index < -0.39 is 0 Å². The minimum absolute atomic E-state index is 0.0551. The molecule has 0 amide bonds. The number of guanidine groups is 2. The number of fused-ring (bicyclic) bond motifs is 4. The average Bonchev–Trinajstić information content (AvgIpc) is 3.35. The van der Waals surface area contributed by atoms with Gasteiger partial charge in [-0.3, -0.25) is 0 Å². The fraction of sp³-hybridized carbons (Fsp3) is 0.130. The van der Waals surface area contributed by atoms with Gasteiger partial charge in [0, 0.05) is 5.69 Å². The van der Waals surface area contributed by atoms with Gasteiger partial charge in [-0.05, 0) is 58.5 Å². The maximum Gasteiger partial charge on any atom is 0.231 e. The van der Waals surface area contributed by atoms with Crippen LogP contribution in [0.25, 0.3) is 11.1 Å². The lowest BCUT2D eigenvalue weighted by atomic mass is 10.1. The van der Waals surface area contributed by atoms with Gasteiger partial charge in [-0.15, -0.1) is 0 Å². The maximum atomic E-state index is 5.61. The zero-order chi connectivity index (χ0) is 20.5. The number of nitrogens with two attached hydrogens (primary N) is 2. The van der Waals surface area contributed by atoms with Crippen LogP contribution in [0.5, 0.6) is 11.5 Å². The van der Waals surface area contributed by atoms with Crippen molar-refractivity contribution in [3.05, 3.63) is 77.4 Å². The Morgan fingerprint density at radius 2 is 1.73 bits per heavy atom. The molecule has 1 aliphatic carbocycles. The summed E-state index contributed by atoms with van der Waals surface area (Å²) in [5, 5.41) is 3.24. The molecule has 7 heteroatoms. The third-order valence-electron chi connectivity index (χ3n) is 5.13. The van der Waals surface area contributed by atoms with Crippen LogP contribution in [0.4, 0.5) is 5.69 Å². The largest absolute Gasteiger partial charge is 0.454 e. The number of anilines is 1. The minimum Gasteiger partial charge on any atom is -0.454 e. The van der Waals surface area contributed by atoms with Gasteiger partial charge in [-0.2, -0.15) is 4.99 Å². The lowest BCUT2D eigenvalue weighted by molar-refractivity contribution is 0.174. The first-order valence-corrected chi connectivity index (χ1v) is 9.66. The number of aliphatic imine (C=N–C) groups is 2. The first-order valence-electron chi connectivity index (χ1n) is 9.66. The summed E-state index contributed by atoms with van der Waals surface area (Å²) in [6, 6.07) is 20.4. The molecule has 1 heterocycles. The van der Waals surface area contributed by atoms with E-state index in [4.69, 9.17) is 20.9 Å². The Hall–Kier alpha value is -4.00. The zero-order valence-electron chi connectivity index (χ0n) is 16.3. The SMILES string of the molecule is NC(N)=NC(=NCc1ccc2c(c1)OCO2)Nc1ccc2c(c1)Cc1ccccc1-2. The molecule has 0 saturated heterocycles. The predicted octanol–water partition coefficient (Wildman–Crippen LogP) is 3.23. The van der Waals surface area contributed by atoms with Crippen molar-refractivity contribution in [2.24, 2.45) is 21.5 Å². The normalized spacial score (nSPS) is 13.5. The molecule has 7 nitrogen and oxygen atoms in total. The van der Waals surface area contributed by atoms with Crippen molar-refractivity contribution in [2.75, 3.05) is 12.1 Å². The molecule has 0 unspecified atom stereocenters. The van der Waals surface area contributed by atoms with Gasteiger partial charge < -0.3 is 26.3 Å². The van der Waals surface area contributed by atoms with Crippen LogP contribution in [-0.4, -0.2) is 18.7 Å². The number of nitrogens with zero attached hydrogens (tertiary/aromatic N) is 2. The molecule has 5 rings (SSSR count). The molecule has 0 spiro atoms. The molecule has 2 aliphatic rings. The molecular weight excluding hydrogens is 378 g/mol. The molecule has 0 saturated carbocycles. The summed E-state index contributed by atoms with van der Waals surface area (Å²) in [6.45, 7) is 0.636. The summed E-state index contributed by atoms with van der Waals surface area (Å²) in [4.78, 5) is 8.70. The molecular formula is C23H21N5O2. The second-order valence-corrected chi connectivity index (χ2v) is 7.19. The van der Waals surface area contributed by atoms with Crippen molar-refractivity contribution in [3.8, 4) is 22.6 Å². The smallest absolute Gasteiger partial charge is 0.231 e. The van der Waals surface area contributed by atoms with Crippen LogP contribution in [-0.2, 0) is 13.0 Å². The quantitative estimate of drug-likeness (QED) is 0.362. The van der Waals surface area contributed by atoms with Gasteiger partial charge in [0.15, 0.2) is 17.5 Å². The Labute approximate surface area is 174 Å². The summed E-state index contributed by atoms with van der Waals surface area (Å²) >= 11 is 0. The molecule has 30 heavy (non-hydrogen) atoms. The third kappa shape index (κ3) is 3.53. The highest BCUT2D eigenvalue weighted by molar-refractivity contribution is 6.01. The Balaban J connectivity index is 1.37. The molecule has 3 aromatic carbocycles. The Morgan fingerprint density at radius 3 is 2.63 bits per heavy atom. The summed E-state index contributed by atoms with van der Waals surface area (Å²) in [6.07, 6.45) is 0.910. The van der Waals surface area contributed by atoms with Gasteiger partial charge in [0.2, 0.25) is 12.8 Å². The minimum atomic E-state index is -0.0551. The molecule has 150 valence electrons. The lowest BCUT2D eigenvalue weighted by Crippen LogP contribution is -2.26. The van der Waals surface area contributed by atoms with E-state index in [-0.39, 0.29) is 12.8 Å². The van der Waals surface area contributed by atoms with Gasteiger partial charge >= 0.3 is 0 Å². The molecule has 0 fully saturated rings. The molecule has 0 aromatic heterocycles. The van der Waals surface area contributed by atoms with E-state index in [1.807, 2.05) is 24.3 Å². The van der Waals surface area contributed by atoms with E-state index in [0.717, 1.165) is 29.2 Å². The van der Waals surface area contributed by atoms with Crippen molar-refractivity contribution >= 4 is 17.6 Å². The highest BCUT2D eigenvalue weighted by Crippen LogP contribution is 2.37. The molecule has 0 bridgehead atoms. The predicted molar refractivity (Wildman–Crippen MR) is 118 cm³/mol. The van der Waals surface area contributed by atoms with Gasteiger partial charge in [0.05, 0.1) is 6.54 Å². The summed E-state index contributed by atoms with van der Waals surface area (Å²) in [7, 11) is 0. The molecule has 1 aliphatic heterocycles. The monoisotopic (exact) mass is 399 g/mol. The van der Waals surface area contributed by atoms with E-state index in [1.165, 1.54) is 22.3 Å². The number of hydrogen-bond acceptors (Lipinski definition) is 3. The first kappa shape index (κ1) is 18.1. The van der Waals surface area contributed by atoms with Crippen molar-refractivity contribution in [3.63, 3.8) is 0 Å². The maximum absolute atomic E-state index is 5.61. The van der Waals surface area contributed by atoms with E-state index in [2.05, 4.69) is 51.7 Å². The standard InChI is InChI=1S/C23H21N5O2/c24-22(25)28-23(26-12-14-5-8-20-21(9-14)30-13-29-20)27-17-6-7-19-16(11-17)10-15-3-1-2-4-18(15)19/h1-9,11H,10,12-13H2,(H5,24,25,26,27,28). The van der Waals surface area contributed by atoms with Crippen LogP contribution in [0.1, 0.15) is 16.7 Å². The van der Waals surface area contributed by atoms with E-state index >= 15 is 0 Å². The average molecular weight is 399 g/mol. The Bertz CT molecular complexity index is 1180. The van der Waals surface area contributed by atoms with E-state index in [1.54, 1.807) is 0 Å². The van der Waals surface area contributed by atoms with Crippen LogP contribution in [0.3, 0.4) is 0 Å². The summed E-state index contributed by atoms with van der Waals surface area (Å²) < 4.78 is 10.8.